The summed E-state index contributed by atoms with van der Waals surface area (Å²) in [6.07, 6.45) is 0.738. The lowest BCUT2D eigenvalue weighted by atomic mass is 9.97. The van der Waals surface area contributed by atoms with E-state index in [1.807, 2.05) is 18.2 Å². The van der Waals surface area contributed by atoms with Crippen LogP contribution in [0, 0.1) is 0 Å². The van der Waals surface area contributed by atoms with E-state index >= 15 is 0 Å². The van der Waals surface area contributed by atoms with Crippen LogP contribution in [0.5, 0.6) is 0 Å². The van der Waals surface area contributed by atoms with Crippen LogP contribution in [-0.2, 0) is 11.2 Å². The number of anilines is 1. The molecule has 2 heterocycles. The molecule has 0 fully saturated rings. The number of nitrogens with two attached hydrogens (primary N) is 1. The number of ether oxygens (including phenoxy) is 1. The van der Waals surface area contributed by atoms with Crippen molar-refractivity contribution in [3.05, 3.63) is 46.1 Å². The Morgan fingerprint density at radius 1 is 1.52 bits per heavy atom. The lowest BCUT2D eigenvalue weighted by Crippen LogP contribution is -2.32. The Bertz CT molecular complexity index is 671. The van der Waals surface area contributed by atoms with Crippen molar-refractivity contribution >= 4 is 23.3 Å². The van der Waals surface area contributed by atoms with E-state index < -0.39 is 0 Å². The maximum Gasteiger partial charge on any atom is 0.271 e. The van der Waals surface area contributed by atoms with E-state index in [0.29, 0.717) is 13.2 Å². The van der Waals surface area contributed by atoms with E-state index in [-0.39, 0.29) is 28.5 Å². The van der Waals surface area contributed by atoms with Crippen LogP contribution in [0.15, 0.2) is 24.3 Å². The van der Waals surface area contributed by atoms with Gasteiger partial charge in [0.2, 0.25) is 0 Å². The number of hydrogen-bond donors (Lipinski definition) is 3. The molecule has 1 aromatic carbocycles. The zero-order valence-electron chi connectivity index (χ0n) is 11.2. The van der Waals surface area contributed by atoms with Crippen molar-refractivity contribution in [2.75, 3.05) is 18.9 Å². The molecule has 0 aliphatic carbocycles. The minimum atomic E-state index is -0.351. The molecule has 1 aromatic heterocycles. The van der Waals surface area contributed by atoms with Crippen LogP contribution in [-0.4, -0.2) is 29.3 Å². The summed E-state index contributed by atoms with van der Waals surface area (Å²) in [4.78, 5) is 12.1. The van der Waals surface area contributed by atoms with E-state index in [1.165, 1.54) is 5.56 Å². The molecule has 2 aromatic rings. The predicted molar refractivity (Wildman–Crippen MR) is 79.2 cm³/mol. The number of rotatable bonds is 3. The third-order valence-electron chi connectivity index (χ3n) is 3.50. The molecule has 21 heavy (non-hydrogen) atoms. The number of benzene rings is 1. The van der Waals surface area contributed by atoms with Crippen LogP contribution in [0.2, 0.25) is 5.02 Å². The van der Waals surface area contributed by atoms with Crippen LogP contribution in [0.1, 0.15) is 27.7 Å². The summed E-state index contributed by atoms with van der Waals surface area (Å²) in [5.41, 5.74) is 8.03. The number of H-pyrrole nitrogens is 1. The second kappa shape index (κ2) is 5.75. The number of aromatic nitrogens is 2. The first-order chi connectivity index (χ1) is 10.2. The van der Waals surface area contributed by atoms with Gasteiger partial charge in [0.1, 0.15) is 16.8 Å². The molecular formula is C14H15ClN4O2. The molecule has 1 atom stereocenters. The SMILES string of the molecule is Nc1n[nH]c(C(=O)NC[C@@H]2OCCc3ccccc32)c1Cl. The number of amides is 1. The Hall–Kier alpha value is -2.05. The average molecular weight is 307 g/mol. The predicted octanol–water partition coefficient (Wildman–Crippen LogP) is 1.69. The van der Waals surface area contributed by atoms with E-state index in [4.69, 9.17) is 22.1 Å². The Morgan fingerprint density at radius 3 is 3.10 bits per heavy atom. The third-order valence-corrected chi connectivity index (χ3v) is 3.88. The summed E-state index contributed by atoms with van der Waals surface area (Å²) in [5.74, 6) is -0.239. The van der Waals surface area contributed by atoms with Gasteiger partial charge in [0.15, 0.2) is 5.82 Å². The van der Waals surface area contributed by atoms with Gasteiger partial charge in [-0.3, -0.25) is 9.89 Å². The molecule has 3 rings (SSSR count). The number of nitrogens with one attached hydrogen (secondary N) is 2. The van der Waals surface area contributed by atoms with Gasteiger partial charge in [-0.05, 0) is 17.5 Å². The Morgan fingerprint density at radius 2 is 2.33 bits per heavy atom. The molecule has 0 spiro atoms. The fourth-order valence-electron chi connectivity index (χ4n) is 2.41. The van der Waals surface area contributed by atoms with E-state index in [2.05, 4.69) is 21.6 Å². The minimum absolute atomic E-state index is 0.112. The molecule has 4 N–H and O–H groups in total. The number of nitrogens with zero attached hydrogens (tertiary/aromatic N) is 1. The van der Waals surface area contributed by atoms with Gasteiger partial charge in [-0.25, -0.2) is 0 Å². The maximum atomic E-state index is 12.1. The fraction of sp³-hybridized carbons (Fsp3) is 0.286. The molecule has 0 unspecified atom stereocenters. The van der Waals surface area contributed by atoms with Crippen molar-refractivity contribution in [2.45, 2.75) is 12.5 Å². The Balaban J connectivity index is 1.69. The molecule has 7 heteroatoms. The molecule has 0 saturated heterocycles. The quantitative estimate of drug-likeness (QED) is 0.804. The molecule has 1 aliphatic heterocycles. The topological polar surface area (TPSA) is 93.0 Å². The van der Waals surface area contributed by atoms with Gasteiger partial charge in [-0.2, -0.15) is 5.10 Å². The first kappa shape index (κ1) is 13.9. The standard InChI is InChI=1S/C14H15ClN4O2/c15-11-12(18-19-13(11)16)14(20)17-7-10-9-4-2-1-3-8(9)5-6-21-10/h1-4,10H,5-7H2,(H,17,20)(H3,16,18,19)/t10-/m0/s1. The maximum absolute atomic E-state index is 12.1. The molecule has 0 radical (unpaired) electrons. The van der Waals surface area contributed by atoms with Gasteiger partial charge in [0, 0.05) is 6.54 Å². The first-order valence-corrected chi connectivity index (χ1v) is 7.01. The molecule has 110 valence electrons. The lowest BCUT2D eigenvalue weighted by Gasteiger charge is -2.26. The number of carbonyl (C=O) groups excluding carboxylic acids is 1. The number of carbonyl (C=O) groups is 1. The monoisotopic (exact) mass is 306 g/mol. The molecular weight excluding hydrogens is 292 g/mol. The fourth-order valence-corrected chi connectivity index (χ4v) is 2.58. The molecule has 0 bridgehead atoms. The van der Waals surface area contributed by atoms with Gasteiger partial charge in [0.25, 0.3) is 5.91 Å². The van der Waals surface area contributed by atoms with Crippen LogP contribution >= 0.6 is 11.6 Å². The first-order valence-electron chi connectivity index (χ1n) is 6.63. The van der Waals surface area contributed by atoms with E-state index in [0.717, 1.165) is 12.0 Å². The zero-order valence-corrected chi connectivity index (χ0v) is 12.0. The zero-order chi connectivity index (χ0) is 14.8. The highest BCUT2D eigenvalue weighted by Crippen LogP contribution is 2.26. The van der Waals surface area contributed by atoms with Crippen LogP contribution < -0.4 is 11.1 Å². The van der Waals surface area contributed by atoms with Gasteiger partial charge in [-0.15, -0.1) is 0 Å². The largest absolute Gasteiger partial charge is 0.381 e. The average Bonchev–Trinajstić information content (AvgIpc) is 2.84. The number of aromatic amines is 1. The number of fused-ring (bicyclic) bond motifs is 1. The second-order valence-electron chi connectivity index (χ2n) is 4.82. The van der Waals surface area contributed by atoms with Crippen molar-refractivity contribution in [2.24, 2.45) is 0 Å². The van der Waals surface area contributed by atoms with E-state index in [1.54, 1.807) is 0 Å². The highest BCUT2D eigenvalue weighted by Gasteiger charge is 2.22. The smallest absolute Gasteiger partial charge is 0.271 e. The summed E-state index contributed by atoms with van der Waals surface area (Å²) in [7, 11) is 0. The van der Waals surface area contributed by atoms with Crippen molar-refractivity contribution in [1.82, 2.24) is 15.5 Å². The molecule has 1 amide bonds. The van der Waals surface area contributed by atoms with Crippen molar-refractivity contribution in [3.8, 4) is 0 Å². The minimum Gasteiger partial charge on any atom is -0.381 e. The number of nitrogen functional groups attached to an aromatic ring is 1. The summed E-state index contributed by atoms with van der Waals surface area (Å²) in [5, 5.41) is 9.14. The second-order valence-corrected chi connectivity index (χ2v) is 5.19. The highest BCUT2D eigenvalue weighted by atomic mass is 35.5. The van der Waals surface area contributed by atoms with Gasteiger partial charge < -0.3 is 15.8 Å². The van der Waals surface area contributed by atoms with Crippen LogP contribution in [0.4, 0.5) is 5.82 Å². The van der Waals surface area contributed by atoms with Crippen LogP contribution in [0.25, 0.3) is 0 Å². The Kier molecular flexibility index (Phi) is 3.81. The third kappa shape index (κ3) is 2.72. The van der Waals surface area contributed by atoms with Gasteiger partial charge in [0.05, 0.1) is 6.61 Å². The van der Waals surface area contributed by atoms with Crippen molar-refractivity contribution < 1.29 is 9.53 Å². The highest BCUT2D eigenvalue weighted by molar-refractivity contribution is 6.35. The van der Waals surface area contributed by atoms with Crippen molar-refractivity contribution in [1.29, 1.82) is 0 Å². The molecule has 1 aliphatic rings. The molecule has 0 saturated carbocycles. The molecule has 6 nitrogen and oxygen atoms in total. The summed E-state index contributed by atoms with van der Waals surface area (Å²) in [6, 6.07) is 8.08. The normalized spacial score (nSPS) is 17.3. The Labute approximate surface area is 126 Å². The van der Waals surface area contributed by atoms with Gasteiger partial charge >= 0.3 is 0 Å². The summed E-state index contributed by atoms with van der Waals surface area (Å²) >= 11 is 5.90. The van der Waals surface area contributed by atoms with E-state index in [9.17, 15) is 4.79 Å². The number of halogens is 1. The summed E-state index contributed by atoms with van der Waals surface area (Å²) < 4.78 is 5.73. The van der Waals surface area contributed by atoms with Crippen molar-refractivity contribution in [3.63, 3.8) is 0 Å². The van der Waals surface area contributed by atoms with Gasteiger partial charge in [-0.1, -0.05) is 35.9 Å². The number of hydrogen-bond acceptors (Lipinski definition) is 4. The lowest BCUT2D eigenvalue weighted by molar-refractivity contribution is 0.0411. The van der Waals surface area contributed by atoms with Crippen LogP contribution in [0.3, 0.4) is 0 Å². The summed E-state index contributed by atoms with van der Waals surface area (Å²) in [6.45, 7) is 1.01.